The molecule has 1 aromatic heterocycles. The average Bonchev–Trinajstić information content (AvgIpc) is 2.63. The fourth-order valence-electron chi connectivity index (χ4n) is 1.21. The van der Waals surface area contributed by atoms with Crippen molar-refractivity contribution in [1.29, 1.82) is 0 Å². The minimum atomic E-state index is -0.658. The monoisotopic (exact) mass is 211 g/mol. The molecular weight excluding hydrogens is 202 g/mol. The molecule has 4 heteroatoms. The largest absolute Gasteiger partial charge is 0.293 e. The van der Waals surface area contributed by atoms with Gasteiger partial charge in [-0.3, -0.25) is 4.79 Å². The van der Waals surface area contributed by atoms with Crippen LogP contribution < -0.4 is 0 Å². The molecule has 13 heavy (non-hydrogen) atoms. The highest BCUT2D eigenvalue weighted by Crippen LogP contribution is 2.36. The fraction of sp³-hybridized carbons (Fsp3) is 0.111. The Bertz CT molecular complexity index is 438. The van der Waals surface area contributed by atoms with Gasteiger partial charge in [0.05, 0.1) is 15.7 Å². The summed E-state index contributed by atoms with van der Waals surface area (Å²) in [5, 5.41) is 0. The van der Waals surface area contributed by atoms with Gasteiger partial charge in [-0.25, -0.2) is 4.98 Å². The van der Waals surface area contributed by atoms with E-state index in [1.807, 2.05) is 30.0 Å². The molecule has 0 amide bonds. The average molecular weight is 211 g/mol. The molecule has 1 aromatic carbocycles. The van der Waals surface area contributed by atoms with Crippen molar-refractivity contribution in [3.05, 3.63) is 23.7 Å². The number of rotatable bonds is 2. The van der Waals surface area contributed by atoms with Crippen LogP contribution in [0.4, 0.5) is 0 Å². The summed E-state index contributed by atoms with van der Waals surface area (Å²) in [5.74, 6) is 0. The zero-order chi connectivity index (χ0) is 9.26. The van der Waals surface area contributed by atoms with Crippen molar-refractivity contribution in [3.63, 3.8) is 0 Å². The first-order valence-electron chi connectivity index (χ1n) is 3.83. The number of carbonyl (C=O) groups is 1. The second-order valence-electron chi connectivity index (χ2n) is 2.69. The minimum Gasteiger partial charge on any atom is -0.293 e. The topological polar surface area (TPSA) is 30.0 Å². The molecule has 1 atom stereocenters. The van der Waals surface area contributed by atoms with E-state index >= 15 is 0 Å². The van der Waals surface area contributed by atoms with Crippen LogP contribution in [0.3, 0.4) is 0 Å². The number of carbonyl (C=O) groups excluding carboxylic acids is 1. The highest BCUT2D eigenvalue weighted by molar-refractivity contribution is 8.28. The maximum Gasteiger partial charge on any atom is 0.160 e. The summed E-state index contributed by atoms with van der Waals surface area (Å²) in [6.07, 6.45) is 1.97. The Morgan fingerprint density at radius 3 is 3.15 bits per heavy atom. The number of nitrogens with zero attached hydrogens (tertiary/aromatic N) is 1. The van der Waals surface area contributed by atoms with Gasteiger partial charge in [0.2, 0.25) is 0 Å². The Labute approximate surface area is 83.0 Å². The van der Waals surface area contributed by atoms with Crippen molar-refractivity contribution in [1.82, 2.24) is 4.98 Å². The Morgan fingerprint density at radius 2 is 2.38 bits per heavy atom. The second kappa shape index (κ2) is 3.47. The van der Waals surface area contributed by atoms with Gasteiger partial charge in [-0.15, -0.1) is 11.3 Å². The van der Waals surface area contributed by atoms with Gasteiger partial charge >= 0.3 is 0 Å². The van der Waals surface area contributed by atoms with E-state index in [0.717, 1.165) is 20.7 Å². The Balaban J connectivity index is 2.67. The predicted molar refractivity (Wildman–Crippen MR) is 59.5 cm³/mol. The molecule has 1 heterocycles. The molecule has 2 rings (SSSR count). The number of thiol groups is 1. The maximum absolute atomic E-state index is 10.7. The van der Waals surface area contributed by atoms with Crippen molar-refractivity contribution >= 4 is 38.1 Å². The highest BCUT2D eigenvalue weighted by Gasteiger charge is 2.06. The van der Waals surface area contributed by atoms with E-state index in [-0.39, 0.29) is 0 Å². The third-order valence-corrected chi connectivity index (χ3v) is 4.35. The lowest BCUT2D eigenvalue weighted by Crippen LogP contribution is -1.81. The zero-order valence-corrected chi connectivity index (χ0v) is 8.81. The normalized spacial score (nSPS) is 14.4. The van der Waals surface area contributed by atoms with Crippen molar-refractivity contribution in [2.24, 2.45) is 0 Å². The number of fused-ring (bicyclic) bond motifs is 1. The molecular formula is C9H9NOS2. The van der Waals surface area contributed by atoms with E-state index < -0.39 is 10.9 Å². The first kappa shape index (κ1) is 8.72. The van der Waals surface area contributed by atoms with Gasteiger partial charge in [-0.05, 0) is 18.4 Å². The third-order valence-electron chi connectivity index (χ3n) is 1.87. The molecule has 0 bridgehead atoms. The summed E-state index contributed by atoms with van der Waals surface area (Å²) in [7, 11) is -0.658. The zero-order valence-electron chi connectivity index (χ0n) is 7.10. The molecule has 68 valence electrons. The first-order chi connectivity index (χ1) is 6.33. The van der Waals surface area contributed by atoms with E-state index in [4.69, 9.17) is 0 Å². The molecule has 1 unspecified atom stereocenters. The van der Waals surface area contributed by atoms with Gasteiger partial charge in [-0.1, -0.05) is 6.07 Å². The second-order valence-corrected chi connectivity index (χ2v) is 5.46. The Kier molecular flexibility index (Phi) is 2.33. The summed E-state index contributed by atoms with van der Waals surface area (Å²) >= 11 is 1.60. The number of benzene rings is 1. The molecule has 0 aliphatic heterocycles. The van der Waals surface area contributed by atoms with Crippen LogP contribution in [0.25, 0.3) is 10.2 Å². The van der Waals surface area contributed by atoms with Crippen molar-refractivity contribution < 1.29 is 4.79 Å². The summed E-state index contributed by atoms with van der Waals surface area (Å²) in [6, 6.07) is 5.95. The Hall–Kier alpha value is -0.870. The highest BCUT2D eigenvalue weighted by atomic mass is 32.2. The van der Waals surface area contributed by atoms with Gasteiger partial charge in [0.15, 0.2) is 5.62 Å². The number of thiazole rings is 1. The fourth-order valence-corrected chi connectivity index (χ4v) is 3.37. The van der Waals surface area contributed by atoms with E-state index in [1.165, 1.54) is 0 Å². The van der Waals surface area contributed by atoms with Crippen LogP contribution in [0.1, 0.15) is 0 Å². The first-order valence-corrected chi connectivity index (χ1v) is 6.57. The predicted octanol–water partition coefficient (Wildman–Crippen LogP) is 2.48. The lowest BCUT2D eigenvalue weighted by atomic mass is 10.3. The molecule has 2 nitrogen and oxygen atoms in total. The summed E-state index contributed by atoms with van der Waals surface area (Å²) < 4.78 is 1.16. The lowest BCUT2D eigenvalue weighted by molar-refractivity contribution is 0.569. The standard InChI is InChI=1S/C9H9NOS2/c1-13(6-11)8-4-2-3-7-9(8)12-5-10-7/h2-6,13H,1H3. The van der Waals surface area contributed by atoms with Crippen LogP contribution >= 0.6 is 22.2 Å². The molecule has 0 radical (unpaired) electrons. The van der Waals surface area contributed by atoms with E-state index in [0.29, 0.717) is 0 Å². The summed E-state index contributed by atoms with van der Waals surface area (Å²) in [6.45, 7) is 0. The summed E-state index contributed by atoms with van der Waals surface area (Å²) in [4.78, 5) is 16.0. The van der Waals surface area contributed by atoms with Crippen LogP contribution in [-0.2, 0) is 4.79 Å². The van der Waals surface area contributed by atoms with E-state index in [9.17, 15) is 4.79 Å². The molecule has 0 saturated carbocycles. The third kappa shape index (κ3) is 1.47. The molecule has 2 aromatic rings. The van der Waals surface area contributed by atoms with Crippen molar-refractivity contribution in [3.8, 4) is 0 Å². The van der Waals surface area contributed by atoms with Gasteiger partial charge in [-0.2, -0.15) is 10.9 Å². The van der Waals surface area contributed by atoms with Gasteiger partial charge in [0.1, 0.15) is 0 Å². The van der Waals surface area contributed by atoms with Crippen LogP contribution in [0, 0.1) is 0 Å². The van der Waals surface area contributed by atoms with Crippen LogP contribution in [0.15, 0.2) is 28.6 Å². The number of aromatic nitrogens is 1. The van der Waals surface area contributed by atoms with Crippen LogP contribution in [-0.4, -0.2) is 16.9 Å². The quantitative estimate of drug-likeness (QED) is 0.611. The maximum atomic E-state index is 10.7. The molecule has 0 aliphatic carbocycles. The molecule has 0 aliphatic rings. The van der Waals surface area contributed by atoms with E-state index in [2.05, 4.69) is 4.98 Å². The smallest absolute Gasteiger partial charge is 0.160 e. The molecule has 0 saturated heterocycles. The van der Waals surface area contributed by atoms with Crippen molar-refractivity contribution in [2.75, 3.05) is 6.26 Å². The van der Waals surface area contributed by atoms with E-state index in [1.54, 1.807) is 11.3 Å². The van der Waals surface area contributed by atoms with Crippen molar-refractivity contribution in [2.45, 2.75) is 4.90 Å². The molecule has 0 fully saturated rings. The minimum absolute atomic E-state index is 0.658. The number of hydrogen-bond acceptors (Lipinski definition) is 3. The Morgan fingerprint density at radius 1 is 1.54 bits per heavy atom. The number of hydrogen-bond donors (Lipinski definition) is 1. The van der Waals surface area contributed by atoms with Crippen LogP contribution in [0.2, 0.25) is 0 Å². The molecule has 0 N–H and O–H groups in total. The van der Waals surface area contributed by atoms with Crippen LogP contribution in [0.5, 0.6) is 0 Å². The SMILES string of the molecule is C[SH](C=O)c1cccc2ncsc12. The van der Waals surface area contributed by atoms with Gasteiger partial charge in [0, 0.05) is 4.90 Å². The summed E-state index contributed by atoms with van der Waals surface area (Å²) in [5.41, 5.74) is 3.85. The van der Waals surface area contributed by atoms with Gasteiger partial charge < -0.3 is 0 Å². The molecule has 0 spiro atoms. The van der Waals surface area contributed by atoms with Gasteiger partial charge in [0.25, 0.3) is 0 Å². The lowest BCUT2D eigenvalue weighted by Gasteiger charge is -2.07.